The summed E-state index contributed by atoms with van der Waals surface area (Å²) < 4.78 is 21.8. The summed E-state index contributed by atoms with van der Waals surface area (Å²) in [6.45, 7) is 16.4. The number of carboxylic acids is 1. The van der Waals surface area contributed by atoms with Gasteiger partial charge in [-0.1, -0.05) is 40.2 Å². The van der Waals surface area contributed by atoms with Crippen LogP contribution in [0.1, 0.15) is 99.5 Å². The van der Waals surface area contributed by atoms with Crippen LogP contribution in [0, 0.1) is 16.7 Å². The predicted octanol–water partition coefficient (Wildman–Crippen LogP) is 5.84. The van der Waals surface area contributed by atoms with Crippen LogP contribution in [-0.2, 0) is 23.9 Å². The maximum Gasteiger partial charge on any atom is 0.508 e. The van der Waals surface area contributed by atoms with Crippen molar-refractivity contribution in [3.63, 3.8) is 0 Å². The normalized spacial score (nSPS) is 14.8. The second kappa shape index (κ2) is 15.0. The minimum absolute atomic E-state index is 0.0242. The van der Waals surface area contributed by atoms with Crippen molar-refractivity contribution in [1.82, 2.24) is 0 Å². The van der Waals surface area contributed by atoms with Crippen molar-refractivity contribution >= 4 is 24.1 Å². The summed E-state index contributed by atoms with van der Waals surface area (Å²) in [6.07, 6.45) is 0.303. The van der Waals surface area contributed by atoms with Gasteiger partial charge in [0.2, 0.25) is 0 Å². The van der Waals surface area contributed by atoms with Crippen molar-refractivity contribution < 1.29 is 43.2 Å². The Hall–Kier alpha value is -3.14. The van der Waals surface area contributed by atoms with Crippen molar-refractivity contribution in [1.29, 1.82) is 0 Å². The minimum Gasteiger partial charge on any atom is -0.480 e. The molecule has 0 fully saturated rings. The highest BCUT2D eigenvalue weighted by Gasteiger charge is 2.34. The third-order valence-electron chi connectivity index (χ3n) is 7.46. The van der Waals surface area contributed by atoms with Crippen LogP contribution in [0.3, 0.4) is 0 Å². The third-order valence-corrected chi connectivity index (χ3v) is 7.46. The number of carbonyl (C=O) groups excluding carboxylic acids is 3. The molecular weight excluding hydrogens is 518 g/mol. The molecule has 0 aromatic heterocycles. The van der Waals surface area contributed by atoms with Gasteiger partial charge in [-0.25, -0.2) is 4.79 Å². The zero-order valence-electron chi connectivity index (χ0n) is 25.4. The molecule has 1 aromatic carbocycles. The Balaban J connectivity index is 3.40. The fraction of sp³-hybridized carbons (Fsp3) is 0.667. The van der Waals surface area contributed by atoms with E-state index in [4.69, 9.17) is 24.7 Å². The first-order chi connectivity index (χ1) is 18.5. The first-order valence-corrected chi connectivity index (χ1v) is 13.9. The van der Waals surface area contributed by atoms with Crippen molar-refractivity contribution in [2.75, 3.05) is 6.61 Å². The molecule has 0 amide bonds. The minimum atomic E-state index is -1.37. The molecule has 40 heavy (non-hydrogen) atoms. The zero-order valence-corrected chi connectivity index (χ0v) is 25.4. The Kier molecular flexibility index (Phi) is 13.1. The molecule has 3 N–H and O–H groups in total. The maximum atomic E-state index is 13.0. The van der Waals surface area contributed by atoms with E-state index in [1.165, 1.54) is 12.1 Å². The molecule has 4 atom stereocenters. The van der Waals surface area contributed by atoms with Gasteiger partial charge < -0.3 is 29.8 Å². The second-order valence-electron chi connectivity index (χ2n) is 11.7. The van der Waals surface area contributed by atoms with Crippen LogP contribution in [0.4, 0.5) is 4.79 Å². The molecule has 0 radical (unpaired) electrons. The number of carbonyl (C=O) groups is 4. The fourth-order valence-electron chi connectivity index (χ4n) is 3.28. The van der Waals surface area contributed by atoms with E-state index in [2.05, 4.69) is 0 Å². The Bertz CT molecular complexity index is 1030. The zero-order chi connectivity index (χ0) is 30.8. The average molecular weight is 566 g/mol. The van der Waals surface area contributed by atoms with E-state index >= 15 is 0 Å². The van der Waals surface area contributed by atoms with E-state index < -0.39 is 53.0 Å². The lowest BCUT2D eigenvalue weighted by Gasteiger charge is -2.27. The Morgan fingerprint density at radius 2 is 1.43 bits per heavy atom. The summed E-state index contributed by atoms with van der Waals surface area (Å²) in [5.41, 5.74) is 4.86. The van der Waals surface area contributed by atoms with Crippen LogP contribution >= 0.6 is 0 Å². The number of nitrogens with two attached hydrogens (primary N) is 1. The van der Waals surface area contributed by atoms with E-state index in [0.717, 1.165) is 6.42 Å². The van der Waals surface area contributed by atoms with E-state index in [9.17, 15) is 24.3 Å². The van der Waals surface area contributed by atoms with E-state index in [1.807, 2.05) is 27.7 Å². The van der Waals surface area contributed by atoms with Gasteiger partial charge in [-0.05, 0) is 77.5 Å². The van der Waals surface area contributed by atoms with Crippen molar-refractivity contribution in [2.45, 2.75) is 106 Å². The van der Waals surface area contributed by atoms with Crippen LogP contribution in [-0.4, -0.2) is 47.9 Å². The molecule has 10 nitrogen and oxygen atoms in total. The molecule has 3 unspecified atom stereocenters. The molecule has 0 aliphatic heterocycles. The van der Waals surface area contributed by atoms with Gasteiger partial charge in [0.15, 0.2) is 11.5 Å². The lowest BCUT2D eigenvalue weighted by Crippen LogP contribution is -2.38. The monoisotopic (exact) mass is 565 g/mol. The quantitative estimate of drug-likeness (QED) is 0.196. The standard InChI is InChI=1S/C30H47NO9/c1-10-18(4)17-37-28(36)38-19(5)15-21(24(31)25(32)33)20-13-14-22(39-26(34)29(6,7)11-2)23(16-20)40-27(35)30(8,9)12-3/h13-14,16,18-19,21,24H,10-12,15,17,31H2,1-9H3,(H,32,33)/t18?,19?,21?,24-/m0/s1. The number of carboxylic acid groups (broad SMARTS) is 1. The number of hydrogen-bond acceptors (Lipinski definition) is 9. The summed E-state index contributed by atoms with van der Waals surface area (Å²) in [5, 5.41) is 9.71. The van der Waals surface area contributed by atoms with Crippen LogP contribution in [0.2, 0.25) is 0 Å². The number of ether oxygens (including phenoxy) is 4. The first kappa shape index (κ1) is 34.9. The maximum absolute atomic E-state index is 13.0. The van der Waals surface area contributed by atoms with Gasteiger partial charge in [0.25, 0.3) is 0 Å². The lowest BCUT2D eigenvalue weighted by atomic mass is 9.86. The molecule has 0 saturated heterocycles. The molecule has 226 valence electrons. The molecule has 0 bridgehead atoms. The lowest BCUT2D eigenvalue weighted by molar-refractivity contribution is -0.147. The smallest absolute Gasteiger partial charge is 0.480 e. The van der Waals surface area contributed by atoms with Gasteiger partial charge in [-0.2, -0.15) is 0 Å². The van der Waals surface area contributed by atoms with Gasteiger partial charge >= 0.3 is 24.1 Å². The molecule has 1 aromatic rings. The molecule has 0 saturated carbocycles. The SMILES string of the molecule is CCC(C)COC(=O)OC(C)CC(c1ccc(OC(=O)C(C)(C)CC)c(OC(=O)C(C)(C)CC)c1)[C@H](N)C(=O)O. The van der Waals surface area contributed by atoms with E-state index in [1.54, 1.807) is 40.7 Å². The number of benzene rings is 1. The number of esters is 2. The highest BCUT2D eigenvalue weighted by molar-refractivity contribution is 5.81. The molecule has 0 aliphatic rings. The van der Waals surface area contributed by atoms with Gasteiger partial charge in [-0.3, -0.25) is 14.4 Å². The number of aliphatic carboxylic acids is 1. The number of hydrogen-bond donors (Lipinski definition) is 2. The van der Waals surface area contributed by atoms with Crippen LogP contribution < -0.4 is 15.2 Å². The van der Waals surface area contributed by atoms with E-state index in [-0.39, 0.29) is 30.4 Å². The van der Waals surface area contributed by atoms with Gasteiger partial charge in [0, 0.05) is 5.92 Å². The highest BCUT2D eigenvalue weighted by atomic mass is 16.7. The summed E-state index contributed by atoms with van der Waals surface area (Å²) in [7, 11) is 0. The highest BCUT2D eigenvalue weighted by Crippen LogP contribution is 2.37. The molecule has 0 spiro atoms. The Labute approximate surface area is 237 Å². The molecule has 1 rings (SSSR count). The topological polar surface area (TPSA) is 151 Å². The molecule has 10 heteroatoms. The molecular formula is C30H47NO9. The molecule has 0 heterocycles. The fourth-order valence-corrected chi connectivity index (χ4v) is 3.28. The summed E-state index contributed by atoms with van der Waals surface area (Å²) in [4.78, 5) is 49.8. The third kappa shape index (κ3) is 10.1. The number of rotatable bonds is 15. The molecule has 0 aliphatic carbocycles. The van der Waals surface area contributed by atoms with Crippen molar-refractivity contribution in [3.8, 4) is 11.5 Å². The summed E-state index contributed by atoms with van der Waals surface area (Å²) >= 11 is 0. The summed E-state index contributed by atoms with van der Waals surface area (Å²) in [6, 6.07) is 3.09. The van der Waals surface area contributed by atoms with Crippen LogP contribution in [0.15, 0.2) is 18.2 Å². The van der Waals surface area contributed by atoms with Crippen LogP contribution in [0.25, 0.3) is 0 Å². The largest absolute Gasteiger partial charge is 0.508 e. The second-order valence-corrected chi connectivity index (χ2v) is 11.7. The van der Waals surface area contributed by atoms with Gasteiger partial charge in [-0.15, -0.1) is 0 Å². The predicted molar refractivity (Wildman–Crippen MR) is 150 cm³/mol. The van der Waals surface area contributed by atoms with Crippen molar-refractivity contribution in [3.05, 3.63) is 23.8 Å². The van der Waals surface area contributed by atoms with Crippen molar-refractivity contribution in [2.24, 2.45) is 22.5 Å². The first-order valence-electron chi connectivity index (χ1n) is 13.9. The average Bonchev–Trinajstić information content (AvgIpc) is 2.90. The van der Waals surface area contributed by atoms with E-state index in [0.29, 0.717) is 18.4 Å². The van der Waals surface area contributed by atoms with Crippen LogP contribution in [0.5, 0.6) is 11.5 Å². The summed E-state index contributed by atoms with van der Waals surface area (Å²) in [5.74, 6) is -2.99. The van der Waals surface area contributed by atoms with Gasteiger partial charge in [0.05, 0.1) is 17.4 Å². The Morgan fingerprint density at radius 1 is 0.900 bits per heavy atom. The van der Waals surface area contributed by atoms with Gasteiger partial charge in [0.1, 0.15) is 12.1 Å². The Morgan fingerprint density at radius 3 is 1.90 bits per heavy atom.